The lowest BCUT2D eigenvalue weighted by Gasteiger charge is -2.19. The van der Waals surface area contributed by atoms with Crippen LogP contribution in [0, 0.1) is 11.7 Å². The van der Waals surface area contributed by atoms with Gasteiger partial charge in [0.05, 0.1) is 18.5 Å². The average Bonchev–Trinajstić information content (AvgIpc) is 3.17. The molecule has 0 spiro atoms. The molecule has 1 aromatic carbocycles. The fraction of sp³-hybridized carbons (Fsp3) is 0.467. The van der Waals surface area contributed by atoms with Crippen LogP contribution in [0.4, 0.5) is 9.18 Å². The molecular formula is C15H19FN4O3. The second-order valence-electron chi connectivity index (χ2n) is 5.56. The Morgan fingerprint density at radius 3 is 3.09 bits per heavy atom. The molecule has 2 fully saturated rings. The topological polar surface area (TPSA) is 82.7 Å². The van der Waals surface area contributed by atoms with Gasteiger partial charge >= 0.3 is 6.09 Å². The number of amides is 2. The van der Waals surface area contributed by atoms with E-state index in [-0.39, 0.29) is 29.8 Å². The predicted molar refractivity (Wildman–Crippen MR) is 79.7 cm³/mol. The first-order valence-electron chi connectivity index (χ1n) is 7.58. The molecule has 3 N–H and O–H groups in total. The molecule has 2 atom stereocenters. The molecule has 124 valence electrons. The highest BCUT2D eigenvalue weighted by Gasteiger charge is 2.34. The highest BCUT2D eigenvalue weighted by Crippen LogP contribution is 2.25. The summed E-state index contributed by atoms with van der Waals surface area (Å²) in [5.41, 5.74) is 6.67. The van der Waals surface area contributed by atoms with E-state index in [1.165, 1.54) is 12.1 Å². The molecule has 3 rings (SSSR count). The largest absolute Gasteiger partial charge is 0.448 e. The zero-order chi connectivity index (χ0) is 16.2. The van der Waals surface area contributed by atoms with E-state index < -0.39 is 0 Å². The van der Waals surface area contributed by atoms with Crippen molar-refractivity contribution < 1.29 is 18.7 Å². The lowest BCUT2D eigenvalue weighted by Crippen LogP contribution is -2.40. The number of rotatable bonds is 5. The number of nitrogens with one attached hydrogen (secondary N) is 3. The molecule has 2 saturated heterocycles. The van der Waals surface area contributed by atoms with Crippen LogP contribution >= 0.6 is 0 Å². The Kier molecular flexibility index (Phi) is 4.73. The van der Waals surface area contributed by atoms with Crippen molar-refractivity contribution in [2.24, 2.45) is 5.92 Å². The van der Waals surface area contributed by atoms with Crippen LogP contribution in [0.25, 0.3) is 0 Å². The number of halogens is 1. The average molecular weight is 322 g/mol. The van der Waals surface area contributed by atoms with Crippen molar-refractivity contribution in [1.82, 2.24) is 21.1 Å². The third-order valence-corrected chi connectivity index (χ3v) is 4.05. The van der Waals surface area contributed by atoms with Crippen LogP contribution < -0.4 is 16.2 Å². The van der Waals surface area contributed by atoms with Crippen LogP contribution in [0.5, 0.6) is 0 Å². The van der Waals surface area contributed by atoms with E-state index in [4.69, 9.17) is 4.74 Å². The summed E-state index contributed by atoms with van der Waals surface area (Å²) in [4.78, 5) is 25.2. The Balaban J connectivity index is 1.54. The summed E-state index contributed by atoms with van der Waals surface area (Å²) in [6, 6.07) is 5.91. The third kappa shape index (κ3) is 3.59. The molecule has 0 aromatic heterocycles. The second kappa shape index (κ2) is 6.93. The van der Waals surface area contributed by atoms with Crippen LogP contribution in [0.15, 0.2) is 24.3 Å². The van der Waals surface area contributed by atoms with Crippen LogP contribution in [0.2, 0.25) is 0 Å². The summed E-state index contributed by atoms with van der Waals surface area (Å²) in [6.07, 6.45) is -0.346. The smallest absolute Gasteiger partial charge is 0.409 e. The molecule has 2 aliphatic rings. The van der Waals surface area contributed by atoms with E-state index in [1.807, 2.05) is 0 Å². The minimum Gasteiger partial charge on any atom is -0.448 e. The van der Waals surface area contributed by atoms with Crippen LogP contribution in [-0.2, 0) is 9.53 Å². The van der Waals surface area contributed by atoms with Crippen LogP contribution in [0.3, 0.4) is 0 Å². The molecule has 0 saturated carbocycles. The minimum absolute atomic E-state index is 0.135. The van der Waals surface area contributed by atoms with E-state index >= 15 is 0 Å². The molecule has 0 bridgehead atoms. The molecule has 2 heterocycles. The second-order valence-corrected chi connectivity index (χ2v) is 5.56. The maximum atomic E-state index is 13.4. The molecule has 1 aromatic rings. The quantitative estimate of drug-likeness (QED) is 0.719. The molecular weight excluding hydrogens is 303 g/mol. The van der Waals surface area contributed by atoms with Gasteiger partial charge in [-0.05, 0) is 17.7 Å². The number of ether oxygens (including phenoxy) is 1. The number of nitrogens with zero attached hydrogens (tertiary/aromatic N) is 1. The highest BCUT2D eigenvalue weighted by molar-refractivity contribution is 5.80. The van der Waals surface area contributed by atoms with E-state index in [0.717, 1.165) is 5.56 Å². The van der Waals surface area contributed by atoms with Crippen molar-refractivity contribution in [2.45, 2.75) is 6.04 Å². The minimum atomic E-state index is -0.346. The molecule has 2 aliphatic heterocycles. The summed E-state index contributed by atoms with van der Waals surface area (Å²) < 4.78 is 18.2. The summed E-state index contributed by atoms with van der Waals surface area (Å²) in [7, 11) is 0. The first-order valence-corrected chi connectivity index (χ1v) is 7.58. The van der Waals surface area contributed by atoms with Crippen molar-refractivity contribution in [3.05, 3.63) is 35.6 Å². The zero-order valence-electron chi connectivity index (χ0n) is 12.5. The lowest BCUT2D eigenvalue weighted by atomic mass is 9.94. The number of cyclic esters (lactones) is 1. The number of hydrogen-bond donors (Lipinski definition) is 3. The molecule has 23 heavy (non-hydrogen) atoms. The van der Waals surface area contributed by atoms with Gasteiger partial charge in [0.1, 0.15) is 12.4 Å². The number of hydrogen-bond acceptors (Lipinski definition) is 5. The van der Waals surface area contributed by atoms with Gasteiger partial charge in [-0.3, -0.25) is 10.2 Å². The predicted octanol–water partition coefficient (Wildman–Crippen LogP) is 0.159. The van der Waals surface area contributed by atoms with Crippen molar-refractivity contribution in [2.75, 3.05) is 32.8 Å². The number of carbonyl (C=O) groups excluding carboxylic acids is 2. The SMILES string of the molecule is O=C(NCCN1CCOC1=O)C1CNNC1c1cccc(F)c1. The third-order valence-electron chi connectivity index (χ3n) is 4.05. The maximum absolute atomic E-state index is 13.4. The van der Waals surface area contributed by atoms with Crippen molar-refractivity contribution in [1.29, 1.82) is 0 Å². The maximum Gasteiger partial charge on any atom is 0.409 e. The normalized spacial score (nSPS) is 23.9. The van der Waals surface area contributed by atoms with Crippen LogP contribution in [0.1, 0.15) is 11.6 Å². The Bertz CT molecular complexity index is 598. The molecule has 7 nitrogen and oxygen atoms in total. The van der Waals surface area contributed by atoms with Crippen molar-refractivity contribution in [3.8, 4) is 0 Å². The summed E-state index contributed by atoms with van der Waals surface area (Å²) in [5, 5.41) is 2.82. The number of benzene rings is 1. The molecule has 8 heteroatoms. The lowest BCUT2D eigenvalue weighted by molar-refractivity contribution is -0.124. The summed E-state index contributed by atoms with van der Waals surface area (Å²) >= 11 is 0. The van der Waals surface area contributed by atoms with Crippen molar-refractivity contribution in [3.63, 3.8) is 0 Å². The Labute approximate surface area is 133 Å². The zero-order valence-corrected chi connectivity index (χ0v) is 12.5. The first-order chi connectivity index (χ1) is 11.1. The number of hydrazine groups is 1. The Hall–Kier alpha value is -2.19. The molecule has 2 amide bonds. The highest BCUT2D eigenvalue weighted by atomic mass is 19.1. The van der Waals surface area contributed by atoms with Gasteiger partial charge in [-0.25, -0.2) is 14.6 Å². The van der Waals surface area contributed by atoms with Crippen molar-refractivity contribution >= 4 is 12.0 Å². The Morgan fingerprint density at radius 1 is 1.48 bits per heavy atom. The van der Waals surface area contributed by atoms with Gasteiger partial charge in [0.25, 0.3) is 0 Å². The standard InChI is InChI=1S/C15H19FN4O3/c16-11-3-1-2-10(8-11)13-12(9-18-19-13)14(21)17-4-5-20-6-7-23-15(20)22/h1-3,8,12-13,18-19H,4-7,9H2,(H,17,21). The van der Waals surface area contributed by atoms with Gasteiger partial charge < -0.3 is 15.0 Å². The summed E-state index contributed by atoms with van der Waals surface area (Å²) in [6.45, 7) is 2.18. The number of carbonyl (C=O) groups is 2. The van der Waals surface area contributed by atoms with Gasteiger partial charge in [0, 0.05) is 19.6 Å². The van der Waals surface area contributed by atoms with E-state index in [0.29, 0.717) is 32.8 Å². The molecule has 2 unspecified atom stereocenters. The molecule has 0 aliphatic carbocycles. The van der Waals surface area contributed by atoms with Gasteiger partial charge in [0.2, 0.25) is 5.91 Å². The van der Waals surface area contributed by atoms with Gasteiger partial charge in [-0.2, -0.15) is 0 Å². The van der Waals surface area contributed by atoms with Gasteiger partial charge in [0.15, 0.2) is 0 Å². The monoisotopic (exact) mass is 322 g/mol. The van der Waals surface area contributed by atoms with Gasteiger partial charge in [-0.15, -0.1) is 0 Å². The Morgan fingerprint density at radius 2 is 2.35 bits per heavy atom. The van der Waals surface area contributed by atoms with E-state index in [9.17, 15) is 14.0 Å². The summed E-state index contributed by atoms with van der Waals surface area (Å²) in [5.74, 6) is -0.811. The fourth-order valence-electron chi connectivity index (χ4n) is 2.83. The van der Waals surface area contributed by atoms with Crippen LogP contribution in [-0.4, -0.2) is 49.7 Å². The fourth-order valence-corrected chi connectivity index (χ4v) is 2.83. The van der Waals surface area contributed by atoms with Gasteiger partial charge in [-0.1, -0.05) is 12.1 Å². The van der Waals surface area contributed by atoms with E-state index in [2.05, 4.69) is 16.2 Å². The van der Waals surface area contributed by atoms with E-state index in [1.54, 1.807) is 17.0 Å². The molecule has 0 radical (unpaired) electrons. The first kappa shape index (κ1) is 15.7.